The van der Waals surface area contributed by atoms with Crippen molar-refractivity contribution in [1.82, 2.24) is 0 Å². The first-order chi connectivity index (χ1) is 12.8. The number of fused-ring (bicyclic) bond motifs is 2. The van der Waals surface area contributed by atoms with Crippen LogP contribution in [0.3, 0.4) is 0 Å². The molecule has 1 atom stereocenters. The molecular weight excluding hydrogens is 344 g/mol. The van der Waals surface area contributed by atoms with Gasteiger partial charge in [-0.2, -0.15) is 0 Å². The molecule has 0 saturated heterocycles. The predicted molar refractivity (Wildman–Crippen MR) is 120 cm³/mol. The van der Waals surface area contributed by atoms with Crippen LogP contribution < -0.4 is 21.0 Å². The van der Waals surface area contributed by atoms with Crippen molar-refractivity contribution in [1.29, 1.82) is 0 Å². The Kier molecular flexibility index (Phi) is 4.15. The third-order valence-electron chi connectivity index (χ3n) is 6.10. The van der Waals surface area contributed by atoms with E-state index >= 15 is 0 Å². The lowest BCUT2D eigenvalue weighted by atomic mass is 9.82. The zero-order valence-corrected chi connectivity index (χ0v) is 17.9. The van der Waals surface area contributed by atoms with Crippen molar-refractivity contribution < 1.29 is 0 Å². The summed E-state index contributed by atoms with van der Waals surface area (Å²) in [6, 6.07) is 22.4. The molecule has 0 spiro atoms. The summed E-state index contributed by atoms with van der Waals surface area (Å²) in [5.74, 6) is 0.272. The predicted octanol–water partition coefficient (Wildman–Crippen LogP) is 3.96. The quantitative estimate of drug-likeness (QED) is 0.545. The largest absolute Gasteiger partial charge is 0.399 e. The summed E-state index contributed by atoms with van der Waals surface area (Å²) in [7, 11) is 2.39. The summed E-state index contributed by atoms with van der Waals surface area (Å²) in [5.41, 5.74) is 14.0. The number of benzene rings is 3. The van der Waals surface area contributed by atoms with Gasteiger partial charge in [-0.1, -0.05) is 49.5 Å². The lowest BCUT2D eigenvalue weighted by Crippen LogP contribution is -2.59. The van der Waals surface area contributed by atoms with Crippen LogP contribution in [0.15, 0.2) is 60.7 Å². The van der Waals surface area contributed by atoms with E-state index in [0.29, 0.717) is 0 Å². The van der Waals surface area contributed by atoms with Gasteiger partial charge in [-0.05, 0) is 63.8 Å². The van der Waals surface area contributed by atoms with E-state index in [0.717, 1.165) is 5.69 Å². The second kappa shape index (κ2) is 6.27. The van der Waals surface area contributed by atoms with E-state index in [4.69, 9.17) is 5.73 Å². The van der Waals surface area contributed by atoms with Crippen molar-refractivity contribution in [3.63, 3.8) is 0 Å². The van der Waals surface area contributed by atoms with Crippen molar-refractivity contribution in [2.75, 3.05) is 24.7 Å². The molecular formula is C24H28N2Si. The highest BCUT2D eigenvalue weighted by atomic mass is 28.3. The molecule has 0 aliphatic carbocycles. The van der Waals surface area contributed by atoms with Gasteiger partial charge in [-0.3, -0.25) is 0 Å². The Hall–Kier alpha value is -2.52. The number of anilines is 2. The molecule has 2 N–H and O–H groups in total. The first-order valence-corrected chi connectivity index (χ1v) is 12.6. The van der Waals surface area contributed by atoms with E-state index in [1.54, 1.807) is 0 Å². The Labute approximate surface area is 163 Å². The maximum absolute atomic E-state index is 6.23. The van der Waals surface area contributed by atoms with E-state index in [9.17, 15) is 0 Å². The number of nitrogens with two attached hydrogens (primary N) is 1. The second-order valence-corrected chi connectivity index (χ2v) is 12.8. The van der Waals surface area contributed by atoms with Crippen molar-refractivity contribution in [2.24, 2.45) is 0 Å². The summed E-state index contributed by atoms with van der Waals surface area (Å²) in [6.45, 7) is 7.13. The Bertz CT molecular complexity index is 1020. The molecule has 1 aliphatic rings. The Morgan fingerprint density at radius 2 is 1.44 bits per heavy atom. The van der Waals surface area contributed by atoms with Crippen LogP contribution in [0, 0.1) is 6.92 Å². The van der Waals surface area contributed by atoms with E-state index in [1.165, 1.54) is 38.3 Å². The van der Waals surface area contributed by atoms with Crippen LogP contribution >= 0.6 is 0 Å². The summed E-state index contributed by atoms with van der Waals surface area (Å²) < 4.78 is 0. The number of nitrogen functional groups attached to an aromatic ring is 1. The van der Waals surface area contributed by atoms with Crippen LogP contribution in [-0.4, -0.2) is 22.2 Å². The van der Waals surface area contributed by atoms with Gasteiger partial charge in [0.25, 0.3) is 0 Å². The van der Waals surface area contributed by atoms with Crippen LogP contribution in [-0.2, 0) is 0 Å². The van der Waals surface area contributed by atoms with E-state index in [2.05, 4.69) is 99.7 Å². The maximum Gasteiger partial charge on any atom is 0.113 e. The number of hydrogen-bond donors (Lipinski definition) is 1. The maximum atomic E-state index is 6.23. The topological polar surface area (TPSA) is 29.3 Å². The first kappa shape index (κ1) is 17.9. The smallest absolute Gasteiger partial charge is 0.113 e. The van der Waals surface area contributed by atoms with Gasteiger partial charge in [-0.25, -0.2) is 0 Å². The van der Waals surface area contributed by atoms with E-state index in [1.807, 2.05) is 0 Å². The van der Waals surface area contributed by atoms with E-state index in [-0.39, 0.29) is 5.92 Å². The van der Waals surface area contributed by atoms with Gasteiger partial charge in [0.1, 0.15) is 8.07 Å². The molecule has 1 aliphatic heterocycles. The molecule has 0 fully saturated rings. The Morgan fingerprint density at radius 1 is 0.815 bits per heavy atom. The molecule has 27 heavy (non-hydrogen) atoms. The van der Waals surface area contributed by atoms with Gasteiger partial charge < -0.3 is 10.6 Å². The average molecular weight is 373 g/mol. The van der Waals surface area contributed by atoms with Crippen LogP contribution in [0.4, 0.5) is 11.4 Å². The van der Waals surface area contributed by atoms with Gasteiger partial charge in [0.05, 0.1) is 0 Å². The standard InChI is InChI=1S/C24H28N2Si/c1-16-8-6-7-9-19(16)24-20-12-10-17(25)14-22(20)27(4,5)23-15-18(26(2)3)11-13-21(23)24/h6-15,24H,25H2,1-5H3. The summed E-state index contributed by atoms with van der Waals surface area (Å²) in [6.07, 6.45) is 0. The Morgan fingerprint density at radius 3 is 2.11 bits per heavy atom. The van der Waals surface area contributed by atoms with Gasteiger partial charge >= 0.3 is 0 Å². The highest BCUT2D eigenvalue weighted by Gasteiger charge is 2.40. The SMILES string of the molecule is Cc1ccccc1C1c2ccc(N)cc2[Si](C)(C)c2cc(N(C)C)ccc21. The van der Waals surface area contributed by atoms with Crippen molar-refractivity contribution in [3.8, 4) is 0 Å². The number of hydrogen-bond acceptors (Lipinski definition) is 2. The molecule has 138 valence electrons. The molecule has 1 heterocycles. The highest BCUT2D eigenvalue weighted by molar-refractivity contribution is 7.01. The summed E-state index contributed by atoms with van der Waals surface area (Å²) in [5, 5.41) is 3.00. The average Bonchev–Trinajstić information content (AvgIpc) is 2.63. The third-order valence-corrected chi connectivity index (χ3v) is 9.66. The first-order valence-electron chi connectivity index (χ1n) is 9.58. The lowest BCUT2D eigenvalue weighted by molar-refractivity contribution is 0.966. The minimum atomic E-state index is -1.84. The molecule has 3 aromatic carbocycles. The molecule has 0 aromatic heterocycles. The molecule has 1 unspecified atom stereocenters. The number of aryl methyl sites for hydroxylation is 1. The summed E-state index contributed by atoms with van der Waals surface area (Å²) in [4.78, 5) is 2.20. The molecule has 4 rings (SSSR count). The zero-order chi connectivity index (χ0) is 19.3. The summed E-state index contributed by atoms with van der Waals surface area (Å²) >= 11 is 0. The van der Waals surface area contributed by atoms with Crippen molar-refractivity contribution in [2.45, 2.75) is 25.9 Å². The van der Waals surface area contributed by atoms with Crippen molar-refractivity contribution >= 4 is 29.8 Å². The van der Waals surface area contributed by atoms with Crippen LogP contribution in [0.2, 0.25) is 13.1 Å². The molecule has 0 bridgehead atoms. The molecule has 3 heteroatoms. The fourth-order valence-corrected chi connectivity index (χ4v) is 7.77. The molecule has 0 radical (unpaired) electrons. The van der Waals surface area contributed by atoms with Crippen molar-refractivity contribution in [3.05, 3.63) is 82.9 Å². The number of nitrogens with zero attached hydrogens (tertiary/aromatic N) is 1. The normalized spacial score (nSPS) is 17.1. The molecule has 3 aromatic rings. The van der Waals surface area contributed by atoms with Crippen LogP contribution in [0.1, 0.15) is 28.2 Å². The highest BCUT2D eigenvalue weighted by Crippen LogP contribution is 2.38. The minimum Gasteiger partial charge on any atom is -0.399 e. The Balaban J connectivity index is 2.06. The molecule has 0 amide bonds. The molecule has 2 nitrogen and oxygen atoms in total. The van der Waals surface area contributed by atoms with Gasteiger partial charge in [0.15, 0.2) is 0 Å². The zero-order valence-electron chi connectivity index (χ0n) is 16.9. The number of rotatable bonds is 2. The van der Waals surface area contributed by atoms with Gasteiger partial charge in [-0.15, -0.1) is 0 Å². The molecule has 0 saturated carbocycles. The van der Waals surface area contributed by atoms with Crippen LogP contribution in [0.5, 0.6) is 0 Å². The third kappa shape index (κ3) is 2.77. The fraction of sp³-hybridized carbons (Fsp3) is 0.250. The van der Waals surface area contributed by atoms with E-state index < -0.39 is 8.07 Å². The van der Waals surface area contributed by atoms with Crippen LogP contribution in [0.25, 0.3) is 0 Å². The monoisotopic (exact) mass is 372 g/mol. The second-order valence-electron chi connectivity index (χ2n) is 8.43. The lowest BCUT2D eigenvalue weighted by Gasteiger charge is -2.39. The van der Waals surface area contributed by atoms with Gasteiger partial charge in [0, 0.05) is 31.4 Å². The van der Waals surface area contributed by atoms with Gasteiger partial charge in [0.2, 0.25) is 0 Å². The fourth-order valence-electron chi connectivity index (χ4n) is 4.54. The minimum absolute atomic E-state index is 0.272.